The highest BCUT2D eigenvalue weighted by molar-refractivity contribution is 6.03. The highest BCUT2D eigenvalue weighted by atomic mass is 19.1. The number of rotatable bonds is 3. The number of carbonyl (C=O) groups excluding carboxylic acids is 1. The molecule has 0 unspecified atom stereocenters. The largest absolute Gasteiger partial charge is 0.324 e. The Hall–Kier alpha value is -2.47. The topological polar surface area (TPSA) is 80.0 Å². The molecule has 1 amide bonds. The van der Waals surface area contributed by atoms with E-state index in [1.807, 2.05) is 0 Å². The van der Waals surface area contributed by atoms with E-state index in [1.165, 1.54) is 24.4 Å². The first-order valence-corrected chi connectivity index (χ1v) is 5.61. The SMILES string of the molecule is Cc1c(F)cccc1NC(=O)c1cc(NN)ccn1. The lowest BCUT2D eigenvalue weighted by molar-refractivity contribution is 0.102. The number of anilines is 2. The number of amides is 1. The average molecular weight is 260 g/mol. The molecule has 1 aromatic heterocycles. The number of hydrogen-bond donors (Lipinski definition) is 3. The van der Waals surface area contributed by atoms with Gasteiger partial charge in [-0.2, -0.15) is 0 Å². The average Bonchev–Trinajstić information content (AvgIpc) is 2.44. The van der Waals surface area contributed by atoms with Gasteiger partial charge in [0, 0.05) is 17.4 Å². The van der Waals surface area contributed by atoms with Crippen LogP contribution in [0.2, 0.25) is 0 Å². The minimum absolute atomic E-state index is 0.194. The van der Waals surface area contributed by atoms with Crippen molar-refractivity contribution in [2.75, 3.05) is 10.7 Å². The molecule has 0 aliphatic heterocycles. The molecule has 0 aliphatic rings. The Balaban J connectivity index is 2.23. The molecule has 5 nitrogen and oxygen atoms in total. The highest BCUT2D eigenvalue weighted by Crippen LogP contribution is 2.18. The van der Waals surface area contributed by atoms with Gasteiger partial charge in [-0.15, -0.1) is 0 Å². The van der Waals surface area contributed by atoms with Gasteiger partial charge >= 0.3 is 0 Å². The quantitative estimate of drug-likeness (QED) is 0.583. The fourth-order valence-electron chi connectivity index (χ4n) is 1.57. The van der Waals surface area contributed by atoms with Crippen LogP contribution in [0.5, 0.6) is 0 Å². The van der Waals surface area contributed by atoms with E-state index in [2.05, 4.69) is 15.7 Å². The van der Waals surface area contributed by atoms with Crippen molar-refractivity contribution in [2.24, 2.45) is 5.84 Å². The van der Waals surface area contributed by atoms with Gasteiger partial charge in [0.05, 0.1) is 5.69 Å². The van der Waals surface area contributed by atoms with E-state index < -0.39 is 5.91 Å². The summed E-state index contributed by atoms with van der Waals surface area (Å²) < 4.78 is 13.4. The van der Waals surface area contributed by atoms with Gasteiger partial charge in [-0.25, -0.2) is 4.39 Å². The summed E-state index contributed by atoms with van der Waals surface area (Å²) in [6.07, 6.45) is 1.46. The Morgan fingerprint density at radius 1 is 1.37 bits per heavy atom. The summed E-state index contributed by atoms with van der Waals surface area (Å²) in [5.41, 5.74) is 3.98. The summed E-state index contributed by atoms with van der Waals surface area (Å²) in [6.45, 7) is 1.59. The number of carbonyl (C=O) groups is 1. The fraction of sp³-hybridized carbons (Fsp3) is 0.0769. The van der Waals surface area contributed by atoms with Crippen molar-refractivity contribution in [3.05, 3.63) is 53.6 Å². The molecule has 0 saturated carbocycles. The van der Waals surface area contributed by atoms with E-state index in [-0.39, 0.29) is 11.5 Å². The number of pyridine rings is 1. The Bertz CT molecular complexity index is 615. The monoisotopic (exact) mass is 260 g/mol. The number of hydrogen-bond acceptors (Lipinski definition) is 4. The second-order valence-corrected chi connectivity index (χ2v) is 3.94. The molecule has 6 heteroatoms. The van der Waals surface area contributed by atoms with Crippen molar-refractivity contribution in [1.29, 1.82) is 0 Å². The molecule has 19 heavy (non-hydrogen) atoms. The van der Waals surface area contributed by atoms with E-state index >= 15 is 0 Å². The van der Waals surface area contributed by atoms with E-state index in [0.717, 1.165) is 0 Å². The summed E-state index contributed by atoms with van der Waals surface area (Å²) >= 11 is 0. The van der Waals surface area contributed by atoms with Gasteiger partial charge in [-0.1, -0.05) is 6.07 Å². The lowest BCUT2D eigenvalue weighted by Crippen LogP contribution is -2.16. The molecule has 1 aromatic carbocycles. The maximum absolute atomic E-state index is 13.4. The number of nitrogens with two attached hydrogens (primary N) is 1. The van der Waals surface area contributed by atoms with Crippen molar-refractivity contribution >= 4 is 17.3 Å². The molecule has 1 heterocycles. The first-order chi connectivity index (χ1) is 9.11. The summed E-state index contributed by atoms with van der Waals surface area (Å²) in [5, 5.41) is 2.61. The minimum Gasteiger partial charge on any atom is -0.324 e. The van der Waals surface area contributed by atoms with Gasteiger partial charge in [-0.05, 0) is 31.2 Å². The van der Waals surface area contributed by atoms with Gasteiger partial charge in [0.1, 0.15) is 11.5 Å². The summed E-state index contributed by atoms with van der Waals surface area (Å²) in [4.78, 5) is 15.9. The van der Waals surface area contributed by atoms with Gasteiger partial charge in [0.15, 0.2) is 0 Å². The lowest BCUT2D eigenvalue weighted by Gasteiger charge is -2.09. The molecule has 0 saturated heterocycles. The Kier molecular flexibility index (Phi) is 3.72. The second-order valence-electron chi connectivity index (χ2n) is 3.94. The number of nitrogen functional groups attached to an aromatic ring is 1. The Morgan fingerprint density at radius 2 is 2.16 bits per heavy atom. The molecular weight excluding hydrogens is 247 g/mol. The minimum atomic E-state index is -0.425. The third-order valence-electron chi connectivity index (χ3n) is 2.68. The number of nitrogens with zero attached hydrogens (tertiary/aromatic N) is 1. The van der Waals surface area contributed by atoms with Crippen LogP contribution in [-0.4, -0.2) is 10.9 Å². The molecule has 98 valence electrons. The van der Waals surface area contributed by atoms with Crippen LogP contribution in [0.25, 0.3) is 0 Å². The first-order valence-electron chi connectivity index (χ1n) is 5.61. The fourth-order valence-corrected chi connectivity index (χ4v) is 1.57. The van der Waals surface area contributed by atoms with Gasteiger partial charge < -0.3 is 10.7 Å². The third kappa shape index (κ3) is 2.86. The van der Waals surface area contributed by atoms with Crippen molar-refractivity contribution in [3.8, 4) is 0 Å². The van der Waals surface area contributed by atoms with E-state index in [9.17, 15) is 9.18 Å². The zero-order valence-corrected chi connectivity index (χ0v) is 10.3. The highest BCUT2D eigenvalue weighted by Gasteiger charge is 2.11. The van der Waals surface area contributed by atoms with E-state index in [0.29, 0.717) is 16.9 Å². The van der Waals surface area contributed by atoms with Crippen LogP contribution in [-0.2, 0) is 0 Å². The number of benzene rings is 1. The predicted octanol–water partition coefficient (Wildman–Crippen LogP) is 2.07. The zero-order chi connectivity index (χ0) is 13.8. The van der Waals surface area contributed by atoms with Gasteiger partial charge in [0.2, 0.25) is 0 Å². The molecule has 0 aliphatic carbocycles. The van der Waals surface area contributed by atoms with Crippen LogP contribution in [0.3, 0.4) is 0 Å². The molecule has 0 fully saturated rings. The molecule has 4 N–H and O–H groups in total. The molecule has 0 bridgehead atoms. The van der Waals surface area contributed by atoms with Crippen LogP contribution in [0.15, 0.2) is 36.5 Å². The van der Waals surface area contributed by atoms with Gasteiger partial charge in [-0.3, -0.25) is 15.6 Å². The number of aromatic nitrogens is 1. The second kappa shape index (κ2) is 5.45. The van der Waals surface area contributed by atoms with Crippen LogP contribution in [0, 0.1) is 12.7 Å². The molecule has 0 spiro atoms. The van der Waals surface area contributed by atoms with Crippen molar-refractivity contribution in [3.63, 3.8) is 0 Å². The molecule has 0 atom stereocenters. The maximum Gasteiger partial charge on any atom is 0.274 e. The van der Waals surface area contributed by atoms with Crippen LogP contribution in [0.1, 0.15) is 16.1 Å². The predicted molar refractivity (Wildman–Crippen MR) is 71.1 cm³/mol. The van der Waals surface area contributed by atoms with Crippen molar-refractivity contribution in [1.82, 2.24) is 4.98 Å². The molecular formula is C13H13FN4O. The van der Waals surface area contributed by atoms with Crippen LogP contribution < -0.4 is 16.6 Å². The zero-order valence-electron chi connectivity index (χ0n) is 10.3. The lowest BCUT2D eigenvalue weighted by atomic mass is 10.2. The number of hydrazine groups is 1. The van der Waals surface area contributed by atoms with Crippen molar-refractivity contribution < 1.29 is 9.18 Å². The van der Waals surface area contributed by atoms with Crippen LogP contribution in [0.4, 0.5) is 15.8 Å². The molecule has 0 radical (unpaired) electrons. The van der Waals surface area contributed by atoms with E-state index in [4.69, 9.17) is 5.84 Å². The summed E-state index contributed by atoms with van der Waals surface area (Å²) in [7, 11) is 0. The van der Waals surface area contributed by atoms with Crippen LogP contribution >= 0.6 is 0 Å². The van der Waals surface area contributed by atoms with Gasteiger partial charge in [0.25, 0.3) is 5.91 Å². The summed E-state index contributed by atoms with van der Waals surface area (Å²) in [5.74, 6) is 4.46. The maximum atomic E-state index is 13.4. The number of nitrogens with one attached hydrogen (secondary N) is 2. The molecule has 2 rings (SSSR count). The molecule has 2 aromatic rings. The number of halogens is 1. The third-order valence-corrected chi connectivity index (χ3v) is 2.68. The van der Waals surface area contributed by atoms with E-state index in [1.54, 1.807) is 19.1 Å². The normalized spacial score (nSPS) is 10.1. The smallest absolute Gasteiger partial charge is 0.274 e. The Labute approximate surface area is 109 Å². The first kappa shape index (κ1) is 13.0. The standard InChI is InChI=1S/C13H13FN4O/c1-8-10(14)3-2-4-11(8)17-13(19)12-7-9(18-15)5-6-16-12/h2-7H,15H2,1H3,(H,16,18)(H,17,19). The summed E-state index contributed by atoms with van der Waals surface area (Å²) in [6, 6.07) is 7.63. The Morgan fingerprint density at radius 3 is 2.89 bits per heavy atom. The van der Waals surface area contributed by atoms with Crippen molar-refractivity contribution in [2.45, 2.75) is 6.92 Å².